The van der Waals surface area contributed by atoms with Gasteiger partial charge in [-0.15, -0.1) is 11.3 Å². The molecule has 13 heteroatoms. The molecule has 0 radical (unpaired) electrons. The van der Waals surface area contributed by atoms with E-state index in [-0.39, 0.29) is 18.2 Å². The highest BCUT2D eigenvalue weighted by Gasteiger charge is 2.14. The van der Waals surface area contributed by atoms with Crippen LogP contribution < -0.4 is 15.4 Å². The predicted octanol–water partition coefficient (Wildman–Crippen LogP) is 6.98. The number of fused-ring (bicyclic) bond motifs is 1. The summed E-state index contributed by atoms with van der Waals surface area (Å²) >= 11 is 5.10. The van der Waals surface area contributed by atoms with Gasteiger partial charge >= 0.3 is 0 Å². The number of nitrogens with zero attached hydrogens (tertiary/aromatic N) is 4. The first kappa shape index (κ1) is 31.7. The zero-order valence-corrected chi connectivity index (χ0v) is 27.6. The Morgan fingerprint density at radius 1 is 0.913 bits per heavy atom. The van der Waals surface area contributed by atoms with Gasteiger partial charge in [0.25, 0.3) is 0 Å². The highest BCUT2D eigenvalue weighted by molar-refractivity contribution is 9.10. The van der Waals surface area contributed by atoms with Crippen molar-refractivity contribution < 1.29 is 17.5 Å². The molecule has 0 aliphatic rings. The lowest BCUT2D eigenvalue weighted by Crippen LogP contribution is -2.25. The average Bonchev–Trinajstić information content (AvgIpc) is 3.54. The second kappa shape index (κ2) is 14.4. The number of benzene rings is 3. The van der Waals surface area contributed by atoms with E-state index in [0.29, 0.717) is 47.2 Å². The summed E-state index contributed by atoms with van der Waals surface area (Å²) in [5.41, 5.74) is 3.63. The summed E-state index contributed by atoms with van der Waals surface area (Å²) in [7, 11) is -3.31. The van der Waals surface area contributed by atoms with Crippen LogP contribution in [0.4, 0.5) is 15.9 Å². The quantitative estimate of drug-likeness (QED) is 0.122. The third-order valence-corrected chi connectivity index (χ3v) is 10.2. The Balaban J connectivity index is 1.08. The summed E-state index contributed by atoms with van der Waals surface area (Å²) in [6.45, 7) is 1.20. The minimum absolute atomic E-state index is 0.0328. The summed E-state index contributed by atoms with van der Waals surface area (Å²) in [5.74, 6) is 0.967. The molecule has 0 saturated carbocycles. The third kappa shape index (κ3) is 7.91. The lowest BCUT2D eigenvalue weighted by molar-refractivity contribution is 0.303. The number of pyridine rings is 1. The zero-order valence-electron chi connectivity index (χ0n) is 24.4. The molecule has 3 aromatic heterocycles. The predicted molar refractivity (Wildman–Crippen MR) is 182 cm³/mol. The minimum Gasteiger partial charge on any atom is -0.488 e. The standard InChI is InChI=1S/C33H28BrFN6O3S2/c34-27-16-24(9-10-31(27)44-19-22-5-4-6-23(35)15-22)40-33-26-17-28(37-18-29(26)38-21-39-33)30-20-45-32(41-30)11-12-36-13-14-46(42,43)25-7-2-1-3-8-25/h1-10,15-18,20-21,36H,11-14,19H2,(H,38,39,40). The van der Waals surface area contributed by atoms with Gasteiger partial charge in [0.1, 0.15) is 30.3 Å². The summed E-state index contributed by atoms with van der Waals surface area (Å²) in [4.78, 5) is 18.5. The molecule has 0 saturated heterocycles. The summed E-state index contributed by atoms with van der Waals surface area (Å²) in [6, 6.07) is 22.3. The van der Waals surface area contributed by atoms with Crippen LogP contribution >= 0.6 is 27.3 Å². The maximum atomic E-state index is 13.5. The number of rotatable bonds is 13. The number of hydrogen-bond acceptors (Lipinski definition) is 10. The van der Waals surface area contributed by atoms with E-state index in [2.05, 4.69) is 41.5 Å². The normalized spacial score (nSPS) is 11.5. The van der Waals surface area contributed by atoms with Gasteiger partial charge < -0.3 is 15.4 Å². The van der Waals surface area contributed by atoms with Crippen LogP contribution in [-0.2, 0) is 22.9 Å². The van der Waals surface area contributed by atoms with Crippen molar-refractivity contribution in [3.8, 4) is 17.1 Å². The molecule has 0 atom stereocenters. The van der Waals surface area contributed by atoms with Crippen molar-refractivity contribution in [1.82, 2.24) is 25.3 Å². The fourth-order valence-corrected chi connectivity index (χ4v) is 7.14. The average molecular weight is 720 g/mol. The lowest BCUT2D eigenvalue weighted by Gasteiger charge is -2.12. The van der Waals surface area contributed by atoms with Crippen LogP contribution in [0, 0.1) is 5.82 Å². The fraction of sp³-hybridized carbons (Fsp3) is 0.152. The van der Waals surface area contributed by atoms with Crippen LogP contribution in [0.25, 0.3) is 22.3 Å². The number of halogens is 2. The first-order valence-electron chi connectivity index (χ1n) is 14.3. The molecule has 234 valence electrons. The molecule has 0 fully saturated rings. The van der Waals surface area contributed by atoms with Crippen molar-refractivity contribution in [2.45, 2.75) is 17.9 Å². The highest BCUT2D eigenvalue weighted by atomic mass is 79.9. The van der Waals surface area contributed by atoms with Crippen molar-refractivity contribution in [2.24, 2.45) is 0 Å². The Morgan fingerprint density at radius 3 is 2.61 bits per heavy atom. The van der Waals surface area contributed by atoms with Crippen LogP contribution in [0.5, 0.6) is 5.75 Å². The molecular weight excluding hydrogens is 691 g/mol. The number of thiazole rings is 1. The Labute approximate surface area is 278 Å². The van der Waals surface area contributed by atoms with Gasteiger partial charge in [0.2, 0.25) is 0 Å². The van der Waals surface area contributed by atoms with Gasteiger partial charge in [-0.1, -0.05) is 30.3 Å². The van der Waals surface area contributed by atoms with Crippen molar-refractivity contribution >= 4 is 59.5 Å². The third-order valence-electron chi connectivity index (χ3n) is 6.98. The molecule has 6 aromatic rings. The Kier molecular flexibility index (Phi) is 9.93. The van der Waals surface area contributed by atoms with E-state index in [9.17, 15) is 12.8 Å². The van der Waals surface area contributed by atoms with Crippen LogP contribution in [-0.4, -0.2) is 47.2 Å². The van der Waals surface area contributed by atoms with Crippen molar-refractivity contribution in [2.75, 3.05) is 24.2 Å². The number of nitrogens with one attached hydrogen (secondary N) is 2. The lowest BCUT2D eigenvalue weighted by atomic mass is 10.2. The number of anilines is 2. The van der Waals surface area contributed by atoms with Gasteiger partial charge in [0.05, 0.1) is 43.2 Å². The van der Waals surface area contributed by atoms with Crippen molar-refractivity contribution in [3.63, 3.8) is 0 Å². The molecule has 3 aromatic carbocycles. The Morgan fingerprint density at radius 2 is 1.78 bits per heavy atom. The van der Waals surface area contributed by atoms with Gasteiger partial charge in [0.15, 0.2) is 9.84 Å². The monoisotopic (exact) mass is 718 g/mol. The van der Waals surface area contributed by atoms with E-state index in [1.165, 1.54) is 29.8 Å². The van der Waals surface area contributed by atoms with E-state index < -0.39 is 9.84 Å². The molecule has 0 bridgehead atoms. The maximum absolute atomic E-state index is 13.5. The second-order valence-corrected chi connectivity index (χ2v) is 14.2. The van der Waals surface area contributed by atoms with Crippen LogP contribution in [0.3, 0.4) is 0 Å². The minimum atomic E-state index is -3.31. The van der Waals surface area contributed by atoms with Gasteiger partial charge in [-0.05, 0) is 70.0 Å². The molecule has 3 heterocycles. The summed E-state index contributed by atoms with van der Waals surface area (Å²) in [6.07, 6.45) is 3.84. The second-order valence-electron chi connectivity index (χ2n) is 10.3. The van der Waals surface area contributed by atoms with Gasteiger partial charge in [-0.25, -0.2) is 27.8 Å². The molecule has 2 N–H and O–H groups in total. The highest BCUT2D eigenvalue weighted by Crippen LogP contribution is 2.32. The number of sulfone groups is 1. The van der Waals surface area contributed by atoms with Crippen molar-refractivity contribution in [1.29, 1.82) is 0 Å². The van der Waals surface area contributed by atoms with E-state index in [4.69, 9.17) is 9.72 Å². The topological polar surface area (TPSA) is 119 Å². The summed E-state index contributed by atoms with van der Waals surface area (Å²) in [5, 5.41) is 10.2. The van der Waals surface area contributed by atoms with Crippen LogP contribution in [0.15, 0.2) is 106 Å². The SMILES string of the molecule is O=S(=O)(CCNCCc1nc(-c2cc3c(Nc4ccc(OCc5cccc(F)c5)c(Br)c4)ncnc3cn2)cs1)c1ccccc1. The molecule has 0 aliphatic carbocycles. The molecule has 0 amide bonds. The number of ether oxygens (including phenoxy) is 1. The van der Waals surface area contributed by atoms with E-state index in [0.717, 1.165) is 31.8 Å². The molecule has 0 unspecified atom stereocenters. The van der Waals surface area contributed by atoms with Crippen LogP contribution in [0.2, 0.25) is 0 Å². The van der Waals surface area contributed by atoms with Gasteiger partial charge in [-0.3, -0.25) is 4.98 Å². The molecule has 46 heavy (non-hydrogen) atoms. The van der Waals surface area contributed by atoms with E-state index >= 15 is 0 Å². The molecule has 9 nitrogen and oxygen atoms in total. The molecular formula is C33H28BrFN6O3S2. The number of aromatic nitrogens is 4. The number of hydrogen-bond donors (Lipinski definition) is 2. The Hall–Kier alpha value is -4.30. The van der Waals surface area contributed by atoms with E-state index in [1.807, 2.05) is 35.7 Å². The van der Waals surface area contributed by atoms with Gasteiger partial charge in [0, 0.05) is 36.0 Å². The van der Waals surface area contributed by atoms with Crippen LogP contribution in [0.1, 0.15) is 10.6 Å². The van der Waals surface area contributed by atoms with E-state index in [1.54, 1.807) is 42.6 Å². The van der Waals surface area contributed by atoms with Gasteiger partial charge in [-0.2, -0.15) is 0 Å². The Bertz CT molecular complexity index is 2080. The molecule has 0 aliphatic heterocycles. The first-order valence-corrected chi connectivity index (χ1v) is 17.6. The zero-order chi connectivity index (χ0) is 31.9. The molecule has 0 spiro atoms. The molecule has 6 rings (SSSR count). The van der Waals surface area contributed by atoms with Crippen molar-refractivity contribution in [3.05, 3.63) is 118 Å². The summed E-state index contributed by atoms with van der Waals surface area (Å²) < 4.78 is 45.0. The largest absolute Gasteiger partial charge is 0.488 e. The maximum Gasteiger partial charge on any atom is 0.179 e. The fourth-order valence-electron chi connectivity index (χ4n) is 4.63. The smallest absolute Gasteiger partial charge is 0.179 e. The first-order chi connectivity index (χ1) is 22.3.